The Labute approximate surface area is 169 Å². The van der Waals surface area contributed by atoms with Crippen LogP contribution in [0, 0.1) is 13.8 Å². The first-order chi connectivity index (χ1) is 14.1. The van der Waals surface area contributed by atoms with Gasteiger partial charge >= 0.3 is 17.8 Å². The third kappa shape index (κ3) is 4.31. The Bertz CT molecular complexity index is 978. The van der Waals surface area contributed by atoms with Gasteiger partial charge in [0.15, 0.2) is 0 Å². The highest BCUT2D eigenvalue weighted by molar-refractivity contribution is 5.84. The number of nitrogens with one attached hydrogen (secondary N) is 1. The van der Waals surface area contributed by atoms with Gasteiger partial charge in [0.2, 0.25) is 5.91 Å². The Morgan fingerprint density at radius 3 is 2.30 bits per heavy atom. The number of carbonyl (C=O) groups excluding carboxylic acids is 2. The maximum absolute atomic E-state index is 13.1. The molecule has 2 heterocycles. The average Bonchev–Trinajstić information content (AvgIpc) is 3.43. The molecule has 12 heteroatoms. The highest BCUT2D eigenvalue weighted by Crippen LogP contribution is 2.52. The molecule has 1 unspecified atom stereocenters. The zero-order valence-corrected chi connectivity index (χ0v) is 16.4. The summed E-state index contributed by atoms with van der Waals surface area (Å²) in [5, 5.41) is 12.9. The van der Waals surface area contributed by atoms with E-state index in [4.69, 9.17) is 4.74 Å². The van der Waals surface area contributed by atoms with Crippen molar-refractivity contribution in [1.29, 1.82) is 0 Å². The largest absolute Gasteiger partial charge is 0.467 e. The molecule has 1 N–H and O–H groups in total. The zero-order chi connectivity index (χ0) is 22.1. The van der Waals surface area contributed by atoms with E-state index in [1.165, 1.54) is 36.1 Å². The van der Waals surface area contributed by atoms with E-state index in [-0.39, 0.29) is 18.5 Å². The van der Waals surface area contributed by atoms with Gasteiger partial charge in [-0.1, -0.05) is 24.3 Å². The van der Waals surface area contributed by atoms with E-state index in [1.807, 2.05) is 0 Å². The van der Waals surface area contributed by atoms with Crippen molar-refractivity contribution in [2.45, 2.75) is 44.7 Å². The summed E-state index contributed by atoms with van der Waals surface area (Å²) in [4.78, 5) is 28.5. The van der Waals surface area contributed by atoms with Crippen LogP contribution in [-0.2, 0) is 33.0 Å². The number of hydrogen-bond donors (Lipinski definition) is 1. The summed E-state index contributed by atoms with van der Waals surface area (Å²) in [6.07, 6.45) is -4.59. The quantitative estimate of drug-likeness (QED) is 0.684. The fraction of sp³-hybridized carbons (Fsp3) is 0.444. The van der Waals surface area contributed by atoms with Crippen molar-refractivity contribution in [1.82, 2.24) is 20.1 Å². The van der Waals surface area contributed by atoms with Gasteiger partial charge in [0.25, 0.3) is 0 Å². The van der Waals surface area contributed by atoms with Gasteiger partial charge in [-0.05, 0) is 19.4 Å². The minimum atomic E-state index is -4.62. The highest BCUT2D eigenvalue weighted by atomic mass is 19.4. The second-order valence-electron chi connectivity index (χ2n) is 6.78. The summed E-state index contributed by atoms with van der Waals surface area (Å²) in [6.45, 7) is 3.24. The number of amides is 1. The molecule has 1 aromatic heterocycles. The fourth-order valence-electron chi connectivity index (χ4n) is 2.97. The molecule has 1 aromatic carbocycles. The van der Waals surface area contributed by atoms with Crippen molar-refractivity contribution in [3.8, 4) is 0 Å². The lowest BCUT2D eigenvalue weighted by atomic mass is 9.98. The summed E-state index contributed by atoms with van der Waals surface area (Å²) in [6, 6.07) is 4.34. The average molecular weight is 424 g/mol. The molecule has 0 saturated carbocycles. The molecular formula is C18H19F3N6O3. The molecule has 0 bridgehead atoms. The number of esters is 1. The summed E-state index contributed by atoms with van der Waals surface area (Å²) < 4.78 is 45.4. The number of nitrogens with zero attached hydrogens (tertiary/aromatic N) is 5. The fourth-order valence-corrected chi connectivity index (χ4v) is 2.97. The molecule has 160 valence electrons. The molecule has 9 nitrogen and oxygen atoms in total. The third-order valence-electron chi connectivity index (χ3n) is 4.57. The van der Waals surface area contributed by atoms with Crippen LogP contribution in [-0.4, -0.2) is 46.0 Å². The first-order valence-electron chi connectivity index (χ1n) is 8.91. The first kappa shape index (κ1) is 21.4. The maximum atomic E-state index is 13.1. The lowest BCUT2D eigenvalue weighted by Crippen LogP contribution is -2.44. The van der Waals surface area contributed by atoms with Crippen molar-refractivity contribution in [3.63, 3.8) is 0 Å². The van der Waals surface area contributed by atoms with Gasteiger partial charge in [-0.15, -0.1) is 10.2 Å². The molecule has 2 aromatic rings. The Morgan fingerprint density at radius 2 is 1.83 bits per heavy atom. The predicted molar refractivity (Wildman–Crippen MR) is 96.2 cm³/mol. The lowest BCUT2D eigenvalue weighted by molar-refractivity contribution is -0.166. The van der Waals surface area contributed by atoms with Crippen LogP contribution in [0.4, 0.5) is 13.2 Å². The van der Waals surface area contributed by atoms with Crippen molar-refractivity contribution < 1.29 is 27.5 Å². The number of ether oxygens (including phenoxy) is 1. The second kappa shape index (κ2) is 7.84. The number of aryl methyl sites for hydroxylation is 2. The monoisotopic (exact) mass is 424 g/mol. The number of rotatable bonds is 7. The van der Waals surface area contributed by atoms with Gasteiger partial charge in [-0.3, -0.25) is 4.79 Å². The number of carbonyl (C=O) groups is 2. The number of alkyl halides is 3. The number of aromatic nitrogens is 3. The summed E-state index contributed by atoms with van der Waals surface area (Å²) in [5.41, 5.74) is -2.09. The van der Waals surface area contributed by atoms with Gasteiger partial charge in [0.05, 0.1) is 7.11 Å². The van der Waals surface area contributed by atoms with E-state index in [2.05, 4.69) is 25.6 Å². The minimum absolute atomic E-state index is 0.0291. The van der Waals surface area contributed by atoms with E-state index >= 15 is 0 Å². The van der Waals surface area contributed by atoms with Gasteiger partial charge in [0.1, 0.15) is 24.2 Å². The second-order valence-corrected chi connectivity index (χ2v) is 6.78. The van der Waals surface area contributed by atoms with Gasteiger partial charge in [-0.25, -0.2) is 14.5 Å². The normalized spacial score (nSPS) is 15.5. The van der Waals surface area contributed by atoms with Crippen molar-refractivity contribution in [2.75, 3.05) is 7.11 Å². The van der Waals surface area contributed by atoms with Crippen LogP contribution in [0.5, 0.6) is 0 Å². The zero-order valence-electron chi connectivity index (χ0n) is 16.4. The summed E-state index contributed by atoms with van der Waals surface area (Å²) in [7, 11) is 1.18. The van der Waals surface area contributed by atoms with Crippen molar-refractivity contribution in [2.24, 2.45) is 10.2 Å². The smallest absolute Gasteiger partial charge is 0.442 e. The molecule has 1 atom stereocenters. The predicted octanol–water partition coefficient (Wildman–Crippen LogP) is 1.98. The molecule has 30 heavy (non-hydrogen) atoms. The van der Waals surface area contributed by atoms with Crippen LogP contribution in [0.2, 0.25) is 0 Å². The van der Waals surface area contributed by atoms with E-state index in [0.717, 1.165) is 0 Å². The molecule has 1 aliphatic heterocycles. The molecular weight excluding hydrogens is 405 g/mol. The Balaban J connectivity index is 1.68. The van der Waals surface area contributed by atoms with Gasteiger partial charge in [-0.2, -0.15) is 18.3 Å². The van der Waals surface area contributed by atoms with Crippen LogP contribution in [0.1, 0.15) is 22.8 Å². The van der Waals surface area contributed by atoms with E-state index in [9.17, 15) is 22.8 Å². The van der Waals surface area contributed by atoms with Gasteiger partial charge < -0.3 is 10.1 Å². The summed E-state index contributed by atoms with van der Waals surface area (Å²) >= 11 is 0. The lowest BCUT2D eigenvalue weighted by Gasteiger charge is -2.18. The first-order valence-corrected chi connectivity index (χ1v) is 8.91. The molecule has 1 amide bonds. The van der Waals surface area contributed by atoms with E-state index in [1.54, 1.807) is 13.8 Å². The summed E-state index contributed by atoms with van der Waals surface area (Å²) in [5.74, 6) is -0.113. The topological polar surface area (TPSA) is 111 Å². The molecule has 3 rings (SSSR count). The number of benzene rings is 1. The van der Waals surface area contributed by atoms with E-state index in [0.29, 0.717) is 17.2 Å². The maximum Gasteiger partial charge on any atom is 0.442 e. The van der Waals surface area contributed by atoms with Gasteiger partial charge in [0, 0.05) is 12.0 Å². The standard InChI is InChI=1S/C18H19F3N6O3/c1-10-22-11(2)27(24-10)9-15(28)23-14(16(29)30-3)8-12-4-6-13(7-5-12)17(25-26-17)18(19,20)21/h4-7,14H,8-9H2,1-3H3,(H,23,28). The van der Waals surface area contributed by atoms with Crippen LogP contribution < -0.4 is 5.32 Å². The van der Waals surface area contributed by atoms with Crippen LogP contribution in [0.3, 0.4) is 0 Å². The minimum Gasteiger partial charge on any atom is -0.467 e. The van der Waals surface area contributed by atoms with E-state index < -0.39 is 29.8 Å². The molecule has 0 radical (unpaired) electrons. The van der Waals surface area contributed by atoms with Crippen LogP contribution >= 0.6 is 0 Å². The molecule has 0 saturated heterocycles. The van der Waals surface area contributed by atoms with Crippen molar-refractivity contribution in [3.05, 3.63) is 47.0 Å². The molecule has 0 spiro atoms. The van der Waals surface area contributed by atoms with Crippen LogP contribution in [0.25, 0.3) is 0 Å². The number of halogens is 3. The van der Waals surface area contributed by atoms with Crippen molar-refractivity contribution >= 4 is 11.9 Å². The number of methoxy groups -OCH3 is 1. The highest BCUT2D eigenvalue weighted by Gasteiger charge is 2.65. The Hall–Kier alpha value is -3.31. The van der Waals surface area contributed by atoms with Crippen LogP contribution in [0.15, 0.2) is 34.5 Å². The molecule has 1 aliphatic rings. The Morgan fingerprint density at radius 1 is 1.20 bits per heavy atom. The molecule has 0 fully saturated rings. The third-order valence-corrected chi connectivity index (χ3v) is 4.57. The SMILES string of the molecule is COC(=O)C(Cc1ccc(C2(C(F)(F)F)N=N2)cc1)NC(=O)Cn1nc(C)nc1C. The number of hydrogen-bond acceptors (Lipinski definition) is 7. The molecule has 0 aliphatic carbocycles. The Kier molecular flexibility index (Phi) is 5.59.